The monoisotopic (exact) mass is 232 g/mol. The molecule has 1 saturated heterocycles. The topological polar surface area (TPSA) is 33.3 Å². The third-order valence-corrected chi connectivity index (χ3v) is 4.12. The average Bonchev–Trinajstić information content (AvgIpc) is 2.83. The zero-order valence-corrected chi connectivity index (χ0v) is 10.3. The molecule has 1 fully saturated rings. The van der Waals surface area contributed by atoms with E-state index in [9.17, 15) is 0 Å². The summed E-state index contributed by atoms with van der Waals surface area (Å²) in [4.78, 5) is 0. The van der Waals surface area contributed by atoms with Gasteiger partial charge in [-0.25, -0.2) is 0 Å². The number of hydrogen-bond donors (Lipinski definition) is 2. The minimum Gasteiger partial charge on any atom is -0.496 e. The SMILES string of the molecule is COc1cccc2c1C(C1CCNCC1)CN2. The van der Waals surface area contributed by atoms with E-state index in [1.807, 2.05) is 0 Å². The van der Waals surface area contributed by atoms with Crippen LogP contribution in [0.15, 0.2) is 18.2 Å². The van der Waals surface area contributed by atoms with Crippen LogP contribution in [-0.4, -0.2) is 26.7 Å². The third kappa shape index (κ3) is 1.89. The van der Waals surface area contributed by atoms with E-state index in [1.165, 1.54) is 24.1 Å². The van der Waals surface area contributed by atoms with Gasteiger partial charge in [0.15, 0.2) is 0 Å². The molecule has 3 heteroatoms. The van der Waals surface area contributed by atoms with Crippen molar-refractivity contribution in [3.63, 3.8) is 0 Å². The molecule has 0 saturated carbocycles. The van der Waals surface area contributed by atoms with Crippen molar-refractivity contribution in [1.82, 2.24) is 5.32 Å². The van der Waals surface area contributed by atoms with E-state index in [-0.39, 0.29) is 0 Å². The second-order valence-corrected chi connectivity index (χ2v) is 5.00. The summed E-state index contributed by atoms with van der Waals surface area (Å²) in [5.41, 5.74) is 2.68. The lowest BCUT2D eigenvalue weighted by molar-refractivity contribution is 0.322. The first kappa shape index (κ1) is 10.9. The highest BCUT2D eigenvalue weighted by molar-refractivity contribution is 5.63. The van der Waals surface area contributed by atoms with Gasteiger partial charge in [0.25, 0.3) is 0 Å². The minimum atomic E-state index is 0.628. The second kappa shape index (κ2) is 4.57. The molecule has 0 amide bonds. The zero-order chi connectivity index (χ0) is 11.7. The number of hydrogen-bond acceptors (Lipinski definition) is 3. The van der Waals surface area contributed by atoms with Gasteiger partial charge in [0.1, 0.15) is 5.75 Å². The van der Waals surface area contributed by atoms with Gasteiger partial charge in [0.05, 0.1) is 7.11 Å². The second-order valence-electron chi connectivity index (χ2n) is 5.00. The Hall–Kier alpha value is -1.22. The van der Waals surface area contributed by atoms with Crippen LogP contribution < -0.4 is 15.4 Å². The summed E-state index contributed by atoms with van der Waals surface area (Å²) in [5.74, 6) is 2.47. The molecule has 0 aliphatic carbocycles. The molecule has 2 heterocycles. The average molecular weight is 232 g/mol. The van der Waals surface area contributed by atoms with Crippen molar-refractivity contribution in [2.75, 3.05) is 32.1 Å². The van der Waals surface area contributed by atoms with Crippen LogP contribution in [0.5, 0.6) is 5.75 Å². The first-order valence-corrected chi connectivity index (χ1v) is 6.51. The number of fused-ring (bicyclic) bond motifs is 1. The van der Waals surface area contributed by atoms with Crippen molar-refractivity contribution in [1.29, 1.82) is 0 Å². The number of rotatable bonds is 2. The Kier molecular flexibility index (Phi) is 2.93. The molecule has 0 spiro atoms. The van der Waals surface area contributed by atoms with Gasteiger partial charge >= 0.3 is 0 Å². The van der Waals surface area contributed by atoms with Gasteiger partial charge in [-0.3, -0.25) is 0 Å². The number of methoxy groups -OCH3 is 1. The Morgan fingerprint density at radius 3 is 2.82 bits per heavy atom. The van der Waals surface area contributed by atoms with Crippen molar-refractivity contribution in [3.8, 4) is 5.75 Å². The molecule has 2 N–H and O–H groups in total. The van der Waals surface area contributed by atoms with Crippen LogP contribution in [0.4, 0.5) is 5.69 Å². The molecule has 3 nitrogen and oxygen atoms in total. The van der Waals surface area contributed by atoms with E-state index < -0.39 is 0 Å². The van der Waals surface area contributed by atoms with Crippen molar-refractivity contribution in [2.45, 2.75) is 18.8 Å². The summed E-state index contributed by atoms with van der Waals surface area (Å²) < 4.78 is 5.52. The summed E-state index contributed by atoms with van der Waals surface area (Å²) in [6.45, 7) is 3.39. The number of ether oxygens (including phenoxy) is 1. The normalized spacial score (nSPS) is 24.2. The van der Waals surface area contributed by atoms with Gasteiger partial charge < -0.3 is 15.4 Å². The molecule has 1 aromatic carbocycles. The van der Waals surface area contributed by atoms with E-state index in [2.05, 4.69) is 28.8 Å². The van der Waals surface area contributed by atoms with E-state index in [4.69, 9.17) is 4.74 Å². The van der Waals surface area contributed by atoms with Crippen molar-refractivity contribution in [3.05, 3.63) is 23.8 Å². The van der Waals surface area contributed by atoms with Gasteiger partial charge in [-0.15, -0.1) is 0 Å². The molecule has 2 aliphatic rings. The summed E-state index contributed by atoms with van der Waals surface area (Å²) in [6.07, 6.45) is 2.56. The smallest absolute Gasteiger partial charge is 0.124 e. The zero-order valence-electron chi connectivity index (χ0n) is 10.3. The van der Waals surface area contributed by atoms with E-state index >= 15 is 0 Å². The quantitative estimate of drug-likeness (QED) is 0.820. The van der Waals surface area contributed by atoms with E-state index in [0.717, 1.165) is 31.3 Å². The first-order chi connectivity index (χ1) is 8.40. The lowest BCUT2D eigenvalue weighted by Crippen LogP contribution is -2.31. The molecular weight excluding hydrogens is 212 g/mol. The lowest BCUT2D eigenvalue weighted by atomic mass is 9.81. The molecule has 0 radical (unpaired) electrons. The molecular formula is C14H20N2O. The molecule has 92 valence electrons. The number of benzene rings is 1. The molecule has 0 bridgehead atoms. The Balaban J connectivity index is 1.91. The lowest BCUT2D eigenvalue weighted by Gasteiger charge is -2.28. The van der Waals surface area contributed by atoms with Crippen LogP contribution >= 0.6 is 0 Å². The fourth-order valence-electron chi connectivity index (χ4n) is 3.23. The highest BCUT2D eigenvalue weighted by atomic mass is 16.5. The van der Waals surface area contributed by atoms with Crippen LogP contribution in [0, 0.1) is 5.92 Å². The van der Waals surface area contributed by atoms with Crippen LogP contribution in [0.3, 0.4) is 0 Å². The van der Waals surface area contributed by atoms with Gasteiger partial charge in [-0.05, 0) is 44.0 Å². The summed E-state index contributed by atoms with van der Waals surface area (Å²) in [6, 6.07) is 6.31. The predicted molar refractivity (Wildman–Crippen MR) is 69.8 cm³/mol. The molecule has 0 aromatic heterocycles. The number of anilines is 1. The Bertz CT molecular complexity index is 399. The van der Waals surface area contributed by atoms with Gasteiger partial charge in [0, 0.05) is 23.7 Å². The maximum Gasteiger partial charge on any atom is 0.124 e. The van der Waals surface area contributed by atoms with Crippen molar-refractivity contribution >= 4 is 5.69 Å². The Morgan fingerprint density at radius 1 is 1.24 bits per heavy atom. The molecule has 3 rings (SSSR count). The highest BCUT2D eigenvalue weighted by Gasteiger charge is 2.32. The van der Waals surface area contributed by atoms with Crippen LogP contribution in [0.2, 0.25) is 0 Å². The first-order valence-electron chi connectivity index (χ1n) is 6.51. The van der Waals surface area contributed by atoms with Crippen molar-refractivity contribution < 1.29 is 4.74 Å². The highest BCUT2D eigenvalue weighted by Crippen LogP contribution is 2.44. The fourth-order valence-corrected chi connectivity index (χ4v) is 3.23. The summed E-state index contributed by atoms with van der Waals surface area (Å²) in [7, 11) is 1.77. The Morgan fingerprint density at radius 2 is 2.06 bits per heavy atom. The number of nitrogens with one attached hydrogen (secondary N) is 2. The molecule has 1 atom stereocenters. The largest absolute Gasteiger partial charge is 0.496 e. The summed E-state index contributed by atoms with van der Waals surface area (Å²) in [5, 5.41) is 6.96. The third-order valence-electron chi connectivity index (χ3n) is 4.12. The maximum atomic E-state index is 5.52. The van der Waals surface area contributed by atoms with Crippen LogP contribution in [0.25, 0.3) is 0 Å². The minimum absolute atomic E-state index is 0.628. The van der Waals surface area contributed by atoms with Crippen LogP contribution in [-0.2, 0) is 0 Å². The Labute approximate surface area is 103 Å². The van der Waals surface area contributed by atoms with Gasteiger partial charge in [-0.2, -0.15) is 0 Å². The van der Waals surface area contributed by atoms with Crippen molar-refractivity contribution in [2.24, 2.45) is 5.92 Å². The molecule has 1 aromatic rings. The maximum absolute atomic E-state index is 5.52. The van der Waals surface area contributed by atoms with Crippen LogP contribution in [0.1, 0.15) is 24.3 Å². The number of piperidine rings is 1. The van der Waals surface area contributed by atoms with E-state index in [1.54, 1.807) is 7.11 Å². The van der Waals surface area contributed by atoms with Gasteiger partial charge in [0.2, 0.25) is 0 Å². The molecule has 2 aliphatic heterocycles. The fraction of sp³-hybridized carbons (Fsp3) is 0.571. The molecule has 17 heavy (non-hydrogen) atoms. The van der Waals surface area contributed by atoms with E-state index in [0.29, 0.717) is 5.92 Å². The standard InChI is InChI=1S/C14H20N2O/c1-17-13-4-2-3-12-14(13)11(9-16-12)10-5-7-15-8-6-10/h2-4,10-11,15-16H,5-9H2,1H3. The predicted octanol–water partition coefficient (Wildman–Crippen LogP) is 2.20. The molecule has 1 unspecified atom stereocenters. The summed E-state index contributed by atoms with van der Waals surface area (Å²) >= 11 is 0. The van der Waals surface area contributed by atoms with Gasteiger partial charge in [-0.1, -0.05) is 6.07 Å².